The summed E-state index contributed by atoms with van der Waals surface area (Å²) in [6, 6.07) is 5.20. The molecule has 140 valence electrons. The molecule has 1 saturated heterocycles. The highest BCUT2D eigenvalue weighted by Crippen LogP contribution is 2.38. The van der Waals surface area contributed by atoms with E-state index in [2.05, 4.69) is 15.2 Å². The maximum atomic E-state index is 11.7. The van der Waals surface area contributed by atoms with Crippen LogP contribution in [0.2, 0.25) is 0 Å². The molecule has 3 heterocycles. The first-order valence-electron chi connectivity index (χ1n) is 8.16. The number of anilines is 2. The molecule has 0 spiro atoms. The van der Waals surface area contributed by atoms with Gasteiger partial charge in [0.15, 0.2) is 14.8 Å². The monoisotopic (exact) mass is 396 g/mol. The molecule has 0 aliphatic carbocycles. The summed E-state index contributed by atoms with van der Waals surface area (Å²) in [5.41, 5.74) is 0.926. The van der Waals surface area contributed by atoms with E-state index in [-0.39, 0.29) is 15.9 Å². The minimum Gasteiger partial charge on any atom is -0.368 e. The van der Waals surface area contributed by atoms with Crippen molar-refractivity contribution in [3.8, 4) is 0 Å². The summed E-state index contributed by atoms with van der Waals surface area (Å²) in [6.45, 7) is 3.56. The lowest BCUT2D eigenvalue weighted by Crippen LogP contribution is -2.39. The molecule has 0 atom stereocenters. The molecule has 2 aromatic heterocycles. The Balaban J connectivity index is 1.68. The Morgan fingerprint density at radius 3 is 2.58 bits per heavy atom. The second-order valence-electron chi connectivity index (χ2n) is 6.41. The summed E-state index contributed by atoms with van der Waals surface area (Å²) in [6.07, 6.45) is 4.47. The van der Waals surface area contributed by atoms with Crippen LogP contribution in [-0.4, -0.2) is 43.7 Å². The zero-order valence-corrected chi connectivity index (χ0v) is 16.1. The summed E-state index contributed by atoms with van der Waals surface area (Å²) < 4.78 is 23.4. The topological polar surface area (TPSA) is 105 Å². The molecule has 1 aliphatic rings. The van der Waals surface area contributed by atoms with Crippen molar-refractivity contribution < 1.29 is 13.3 Å². The molecule has 0 radical (unpaired) electrons. The van der Waals surface area contributed by atoms with Crippen LogP contribution in [0.1, 0.15) is 18.4 Å². The van der Waals surface area contributed by atoms with Gasteiger partial charge >= 0.3 is 5.69 Å². The number of aryl methyl sites for hydroxylation is 1. The van der Waals surface area contributed by atoms with Crippen molar-refractivity contribution >= 4 is 37.7 Å². The van der Waals surface area contributed by atoms with Gasteiger partial charge in [0, 0.05) is 37.7 Å². The number of nitro groups is 1. The molecule has 0 bridgehead atoms. The van der Waals surface area contributed by atoms with Gasteiger partial charge in [-0.05, 0) is 31.4 Å². The lowest BCUT2D eigenvalue weighted by molar-refractivity contribution is -0.383. The fourth-order valence-electron chi connectivity index (χ4n) is 2.87. The van der Waals surface area contributed by atoms with Gasteiger partial charge < -0.3 is 10.2 Å². The third-order valence-electron chi connectivity index (χ3n) is 4.30. The van der Waals surface area contributed by atoms with E-state index in [0.29, 0.717) is 5.00 Å². The number of nitrogens with one attached hydrogen (secondary N) is 1. The van der Waals surface area contributed by atoms with Crippen molar-refractivity contribution in [3.05, 3.63) is 40.1 Å². The number of hydrogen-bond donors (Lipinski definition) is 1. The fraction of sp³-hybridized carbons (Fsp3) is 0.438. The van der Waals surface area contributed by atoms with Crippen LogP contribution >= 0.6 is 11.3 Å². The Morgan fingerprint density at radius 1 is 1.35 bits per heavy atom. The smallest absolute Gasteiger partial charge is 0.304 e. The minimum absolute atomic E-state index is 0.00740. The quantitative estimate of drug-likeness (QED) is 0.612. The molecule has 3 rings (SSSR count). The number of aromatic nitrogens is 1. The zero-order chi connectivity index (χ0) is 18.9. The largest absolute Gasteiger partial charge is 0.368 e. The van der Waals surface area contributed by atoms with E-state index in [0.717, 1.165) is 61.0 Å². The average molecular weight is 396 g/mol. The van der Waals surface area contributed by atoms with Crippen LogP contribution in [0.3, 0.4) is 0 Å². The third kappa shape index (κ3) is 4.13. The van der Waals surface area contributed by atoms with Crippen LogP contribution < -0.4 is 10.2 Å². The van der Waals surface area contributed by atoms with Gasteiger partial charge in [0.05, 0.1) is 4.92 Å². The molecule has 0 aromatic carbocycles. The van der Waals surface area contributed by atoms with Crippen LogP contribution in [0.25, 0.3) is 0 Å². The van der Waals surface area contributed by atoms with Gasteiger partial charge in [-0.1, -0.05) is 17.4 Å². The molecular weight excluding hydrogens is 376 g/mol. The molecule has 1 fully saturated rings. The fourth-order valence-corrected chi connectivity index (χ4v) is 4.88. The maximum absolute atomic E-state index is 11.7. The van der Waals surface area contributed by atoms with E-state index in [9.17, 15) is 18.5 Å². The van der Waals surface area contributed by atoms with Crippen LogP contribution in [0.4, 0.5) is 16.5 Å². The number of rotatable bonds is 5. The highest BCUT2D eigenvalue weighted by Gasteiger charge is 2.27. The number of piperidine rings is 1. The Morgan fingerprint density at radius 2 is 2.04 bits per heavy atom. The van der Waals surface area contributed by atoms with Gasteiger partial charge in [0.25, 0.3) is 0 Å². The van der Waals surface area contributed by atoms with Gasteiger partial charge in [0.2, 0.25) is 0 Å². The molecule has 0 unspecified atom stereocenters. The summed E-state index contributed by atoms with van der Waals surface area (Å²) in [5, 5.41) is 14.7. The first kappa shape index (κ1) is 18.6. The van der Waals surface area contributed by atoms with Gasteiger partial charge in [-0.3, -0.25) is 10.1 Å². The lowest BCUT2D eigenvalue weighted by atomic mass is 10.1. The van der Waals surface area contributed by atoms with Crippen molar-refractivity contribution in [2.45, 2.75) is 30.0 Å². The van der Waals surface area contributed by atoms with E-state index in [1.165, 1.54) is 0 Å². The van der Waals surface area contributed by atoms with E-state index in [1.54, 1.807) is 0 Å². The van der Waals surface area contributed by atoms with Crippen LogP contribution in [0, 0.1) is 17.0 Å². The molecule has 1 aliphatic heterocycles. The Hall–Kier alpha value is -2.20. The van der Waals surface area contributed by atoms with Crippen LogP contribution in [-0.2, 0) is 9.84 Å². The molecule has 8 nitrogen and oxygen atoms in total. The lowest BCUT2D eigenvalue weighted by Gasteiger charge is -2.33. The summed E-state index contributed by atoms with van der Waals surface area (Å²) in [5.74, 6) is 0.926. The van der Waals surface area contributed by atoms with Crippen molar-refractivity contribution in [1.82, 2.24) is 4.98 Å². The predicted octanol–water partition coefficient (Wildman–Crippen LogP) is 2.84. The predicted molar refractivity (Wildman–Crippen MR) is 102 cm³/mol. The second kappa shape index (κ2) is 7.20. The Labute approximate surface area is 155 Å². The number of nitrogens with zero attached hydrogens (tertiary/aromatic N) is 3. The summed E-state index contributed by atoms with van der Waals surface area (Å²) in [4.78, 5) is 17.3. The molecule has 1 N–H and O–H groups in total. The van der Waals surface area contributed by atoms with Crippen molar-refractivity contribution in [2.24, 2.45) is 0 Å². The van der Waals surface area contributed by atoms with Crippen LogP contribution in [0.5, 0.6) is 0 Å². The number of sulfone groups is 1. The number of thiophene rings is 1. The summed E-state index contributed by atoms with van der Waals surface area (Å²) in [7, 11) is -3.47. The third-order valence-corrected chi connectivity index (χ3v) is 7.16. The van der Waals surface area contributed by atoms with Crippen molar-refractivity contribution in [1.29, 1.82) is 0 Å². The first-order valence-corrected chi connectivity index (χ1v) is 10.9. The van der Waals surface area contributed by atoms with Gasteiger partial charge in [-0.2, -0.15) is 0 Å². The SMILES string of the molecule is Cc1ccc(N2CCC(Nc3sc(S(C)(=O)=O)cc3[N+](=O)[O-])CC2)nc1. The average Bonchev–Trinajstić information content (AvgIpc) is 3.01. The van der Waals surface area contributed by atoms with Crippen molar-refractivity contribution in [3.63, 3.8) is 0 Å². The minimum atomic E-state index is -3.47. The molecule has 2 aromatic rings. The van der Waals surface area contributed by atoms with Gasteiger partial charge in [-0.15, -0.1) is 0 Å². The van der Waals surface area contributed by atoms with Gasteiger partial charge in [-0.25, -0.2) is 13.4 Å². The normalized spacial score (nSPS) is 15.8. The van der Waals surface area contributed by atoms with Crippen LogP contribution in [0.15, 0.2) is 28.6 Å². The second-order valence-corrected chi connectivity index (χ2v) is 9.70. The number of pyridine rings is 1. The van der Waals surface area contributed by atoms with Crippen molar-refractivity contribution in [2.75, 3.05) is 29.6 Å². The molecule has 0 saturated carbocycles. The van der Waals surface area contributed by atoms with E-state index in [4.69, 9.17) is 0 Å². The summed E-state index contributed by atoms with van der Waals surface area (Å²) >= 11 is 0.921. The zero-order valence-electron chi connectivity index (χ0n) is 14.5. The highest BCUT2D eigenvalue weighted by atomic mass is 32.2. The number of hydrogen-bond acceptors (Lipinski definition) is 8. The van der Waals surface area contributed by atoms with E-state index < -0.39 is 14.8 Å². The highest BCUT2D eigenvalue weighted by molar-refractivity contribution is 7.92. The maximum Gasteiger partial charge on any atom is 0.304 e. The molecule has 0 amide bonds. The Kier molecular flexibility index (Phi) is 5.15. The van der Waals surface area contributed by atoms with Gasteiger partial charge in [0.1, 0.15) is 10.0 Å². The molecular formula is C16H20N4O4S2. The van der Waals surface area contributed by atoms with E-state index >= 15 is 0 Å². The molecule has 10 heteroatoms. The molecule has 26 heavy (non-hydrogen) atoms. The first-order chi connectivity index (χ1) is 12.2. The Bertz CT molecular complexity index is 901. The van der Waals surface area contributed by atoms with E-state index in [1.807, 2.05) is 25.3 Å². The standard InChI is InChI=1S/C16H20N4O4S2/c1-11-3-4-14(17-10-11)19-7-5-12(6-8-19)18-16-13(20(21)22)9-15(25-16)26(2,23)24/h3-4,9-10,12,18H,5-8H2,1-2H3.